The summed E-state index contributed by atoms with van der Waals surface area (Å²) in [6.07, 6.45) is 4.68. The second-order valence-electron chi connectivity index (χ2n) is 10.1. The van der Waals surface area contributed by atoms with E-state index in [1.165, 1.54) is 11.2 Å². The first kappa shape index (κ1) is 25.2. The van der Waals surface area contributed by atoms with Gasteiger partial charge in [0.15, 0.2) is 5.82 Å². The molecule has 1 saturated carbocycles. The minimum atomic E-state index is -1.12. The summed E-state index contributed by atoms with van der Waals surface area (Å²) in [4.78, 5) is 34.0. The molecule has 1 aliphatic heterocycles. The van der Waals surface area contributed by atoms with Crippen LogP contribution in [0.2, 0.25) is 0 Å². The Kier molecular flexibility index (Phi) is 7.14. The van der Waals surface area contributed by atoms with Crippen molar-refractivity contribution >= 4 is 23.0 Å². The summed E-state index contributed by atoms with van der Waals surface area (Å²) in [6.45, 7) is 4.63. The SMILES string of the molecule is CCc1nocc1C(=O)NC(c1nc2c(F)c([C@@H]3COCCN3C(=O)O)ccc2[nH]1)C1CCC(C)CC1. The minimum Gasteiger partial charge on any atom is -0.465 e. The number of hydrogen-bond acceptors (Lipinski definition) is 6. The van der Waals surface area contributed by atoms with E-state index in [0.29, 0.717) is 34.9 Å². The highest BCUT2D eigenvalue weighted by Gasteiger charge is 2.34. The van der Waals surface area contributed by atoms with E-state index in [9.17, 15) is 14.7 Å². The quantitative estimate of drug-likeness (QED) is 0.439. The minimum absolute atomic E-state index is 0.0729. The van der Waals surface area contributed by atoms with Crippen LogP contribution in [0.15, 0.2) is 22.9 Å². The van der Waals surface area contributed by atoms with Crippen LogP contribution in [-0.2, 0) is 11.2 Å². The number of nitrogens with zero attached hydrogens (tertiary/aromatic N) is 3. The van der Waals surface area contributed by atoms with Crippen molar-refractivity contribution in [1.82, 2.24) is 25.3 Å². The topological polar surface area (TPSA) is 134 Å². The number of carbonyl (C=O) groups is 2. The number of carbonyl (C=O) groups excluding carboxylic acids is 1. The summed E-state index contributed by atoms with van der Waals surface area (Å²) in [5.74, 6) is 0.324. The van der Waals surface area contributed by atoms with Crippen LogP contribution in [0.3, 0.4) is 0 Å². The third kappa shape index (κ3) is 4.92. The van der Waals surface area contributed by atoms with Crippen molar-refractivity contribution in [3.8, 4) is 0 Å². The van der Waals surface area contributed by atoms with Crippen LogP contribution < -0.4 is 5.32 Å². The Morgan fingerprint density at radius 3 is 2.81 bits per heavy atom. The van der Waals surface area contributed by atoms with Crippen molar-refractivity contribution in [2.75, 3.05) is 19.8 Å². The lowest BCUT2D eigenvalue weighted by atomic mass is 9.79. The van der Waals surface area contributed by atoms with Gasteiger partial charge in [0.05, 0.1) is 36.5 Å². The van der Waals surface area contributed by atoms with Crippen LogP contribution in [0, 0.1) is 17.7 Å². The molecule has 5 rings (SSSR count). The van der Waals surface area contributed by atoms with E-state index in [-0.39, 0.29) is 42.7 Å². The number of ether oxygens (including phenoxy) is 1. The highest BCUT2D eigenvalue weighted by Crippen LogP contribution is 2.38. The number of aromatic amines is 1. The third-order valence-corrected chi connectivity index (χ3v) is 7.71. The summed E-state index contributed by atoms with van der Waals surface area (Å²) in [5.41, 5.74) is 1.78. The Morgan fingerprint density at radius 2 is 2.08 bits per heavy atom. The molecule has 1 aliphatic carbocycles. The zero-order valence-corrected chi connectivity index (χ0v) is 21.0. The molecule has 3 aromatic rings. The maximum absolute atomic E-state index is 15.8. The van der Waals surface area contributed by atoms with Gasteiger partial charge >= 0.3 is 6.09 Å². The zero-order chi connectivity index (χ0) is 26.1. The lowest BCUT2D eigenvalue weighted by Crippen LogP contribution is -2.43. The summed E-state index contributed by atoms with van der Waals surface area (Å²) >= 11 is 0. The molecule has 37 heavy (non-hydrogen) atoms. The maximum Gasteiger partial charge on any atom is 0.407 e. The molecule has 10 nitrogen and oxygen atoms in total. The Hall–Kier alpha value is -3.47. The molecule has 2 atom stereocenters. The summed E-state index contributed by atoms with van der Waals surface area (Å²) < 4.78 is 26.3. The van der Waals surface area contributed by atoms with Crippen LogP contribution in [-0.4, -0.2) is 56.9 Å². The number of nitrogens with one attached hydrogen (secondary N) is 2. The number of aryl methyl sites for hydroxylation is 1. The zero-order valence-electron chi connectivity index (χ0n) is 21.0. The average molecular weight is 514 g/mol. The molecule has 198 valence electrons. The Balaban J connectivity index is 1.50. The highest BCUT2D eigenvalue weighted by molar-refractivity contribution is 5.95. The number of rotatable bonds is 6. The molecule has 1 aromatic carbocycles. The van der Waals surface area contributed by atoms with Gasteiger partial charge in [0.1, 0.15) is 23.2 Å². The first-order valence-corrected chi connectivity index (χ1v) is 12.9. The fraction of sp³-hybridized carbons (Fsp3) is 0.538. The standard InChI is InChI=1S/C26H32FN5O5/c1-3-18-17(12-37-31-18)25(33)30-22(15-6-4-14(2)5-7-15)24-28-19-9-8-16(21(27)23(19)29-24)20-13-36-11-10-32(20)26(34)35/h8-9,12,14-15,20,22H,3-7,10-11,13H2,1-2H3,(H,28,29)(H,30,33)(H,34,35)/t14?,15?,20-,22?/m0/s1. The number of aromatic nitrogens is 3. The number of carboxylic acid groups (broad SMARTS) is 1. The summed E-state index contributed by atoms with van der Waals surface area (Å²) in [7, 11) is 0. The predicted octanol–water partition coefficient (Wildman–Crippen LogP) is 4.60. The monoisotopic (exact) mass is 513 g/mol. The number of benzene rings is 1. The van der Waals surface area contributed by atoms with E-state index in [1.807, 2.05) is 6.92 Å². The Bertz CT molecular complexity index is 1280. The van der Waals surface area contributed by atoms with Gasteiger partial charge < -0.3 is 24.7 Å². The third-order valence-electron chi connectivity index (χ3n) is 7.71. The normalized spacial score (nSPS) is 23.2. The number of imidazole rings is 1. The lowest BCUT2D eigenvalue weighted by Gasteiger charge is -2.33. The second-order valence-corrected chi connectivity index (χ2v) is 10.1. The molecule has 0 bridgehead atoms. The number of morpholine rings is 1. The van der Waals surface area contributed by atoms with Gasteiger partial charge in [0.25, 0.3) is 5.91 Å². The Morgan fingerprint density at radius 1 is 1.30 bits per heavy atom. The highest BCUT2D eigenvalue weighted by atomic mass is 19.1. The van der Waals surface area contributed by atoms with Crippen LogP contribution >= 0.6 is 0 Å². The fourth-order valence-electron chi connectivity index (χ4n) is 5.52. The van der Waals surface area contributed by atoms with Crippen molar-refractivity contribution in [2.24, 2.45) is 11.8 Å². The second kappa shape index (κ2) is 10.5. The predicted molar refractivity (Wildman–Crippen MR) is 132 cm³/mol. The van der Waals surface area contributed by atoms with Gasteiger partial charge in [-0.15, -0.1) is 0 Å². The summed E-state index contributed by atoms with van der Waals surface area (Å²) in [6, 6.07) is 2.07. The lowest BCUT2D eigenvalue weighted by molar-refractivity contribution is -0.00190. The molecule has 0 spiro atoms. The van der Waals surface area contributed by atoms with Crippen molar-refractivity contribution in [3.63, 3.8) is 0 Å². The van der Waals surface area contributed by atoms with Crippen LogP contribution in [0.25, 0.3) is 11.0 Å². The molecular formula is C26H32FN5O5. The number of H-pyrrole nitrogens is 1. The number of fused-ring (bicyclic) bond motifs is 1. The largest absolute Gasteiger partial charge is 0.465 e. The Labute approximate surface area is 213 Å². The number of amides is 2. The maximum atomic E-state index is 15.8. The van der Waals surface area contributed by atoms with Gasteiger partial charge in [-0.25, -0.2) is 14.2 Å². The number of halogens is 1. The van der Waals surface area contributed by atoms with Crippen molar-refractivity contribution in [3.05, 3.63) is 46.9 Å². The van der Waals surface area contributed by atoms with E-state index in [1.54, 1.807) is 12.1 Å². The van der Waals surface area contributed by atoms with Gasteiger partial charge in [-0.1, -0.05) is 37.9 Å². The van der Waals surface area contributed by atoms with Crippen molar-refractivity contribution < 1.29 is 28.3 Å². The van der Waals surface area contributed by atoms with E-state index in [2.05, 4.69) is 27.4 Å². The molecule has 2 aliphatic rings. The van der Waals surface area contributed by atoms with Gasteiger partial charge in [-0.05, 0) is 37.2 Å². The first-order chi connectivity index (χ1) is 17.9. The molecule has 11 heteroatoms. The van der Waals surface area contributed by atoms with Crippen LogP contribution in [0.4, 0.5) is 9.18 Å². The van der Waals surface area contributed by atoms with E-state index >= 15 is 4.39 Å². The first-order valence-electron chi connectivity index (χ1n) is 12.9. The molecule has 1 unspecified atom stereocenters. The van der Waals surface area contributed by atoms with Gasteiger partial charge in [-0.3, -0.25) is 9.69 Å². The smallest absolute Gasteiger partial charge is 0.407 e. The van der Waals surface area contributed by atoms with Crippen LogP contribution in [0.1, 0.15) is 79.1 Å². The average Bonchev–Trinajstić information content (AvgIpc) is 3.56. The molecule has 2 fully saturated rings. The number of hydrogen-bond donors (Lipinski definition) is 3. The summed E-state index contributed by atoms with van der Waals surface area (Å²) in [5, 5.41) is 16.6. The van der Waals surface area contributed by atoms with E-state index in [4.69, 9.17) is 9.26 Å². The molecule has 2 amide bonds. The van der Waals surface area contributed by atoms with E-state index in [0.717, 1.165) is 25.7 Å². The molecule has 1 saturated heterocycles. The molecule has 0 radical (unpaired) electrons. The fourth-order valence-corrected chi connectivity index (χ4v) is 5.52. The van der Waals surface area contributed by atoms with Crippen molar-refractivity contribution in [2.45, 2.75) is 58.0 Å². The van der Waals surface area contributed by atoms with E-state index < -0.39 is 24.0 Å². The van der Waals surface area contributed by atoms with Gasteiger partial charge in [0, 0.05) is 12.1 Å². The molecule has 3 heterocycles. The van der Waals surface area contributed by atoms with Crippen molar-refractivity contribution in [1.29, 1.82) is 0 Å². The molecular weight excluding hydrogens is 481 g/mol. The van der Waals surface area contributed by atoms with Gasteiger partial charge in [-0.2, -0.15) is 0 Å². The molecule has 3 N–H and O–H groups in total. The van der Waals surface area contributed by atoms with Crippen LogP contribution in [0.5, 0.6) is 0 Å². The van der Waals surface area contributed by atoms with Gasteiger partial charge in [0.2, 0.25) is 0 Å². The molecule has 2 aromatic heterocycles.